The van der Waals surface area contributed by atoms with Gasteiger partial charge in [-0.1, -0.05) is 0 Å². The van der Waals surface area contributed by atoms with E-state index >= 15 is 0 Å². The minimum absolute atomic E-state index is 0.00280. The number of rotatable bonds is 1. The Morgan fingerprint density at radius 1 is 1.54 bits per heavy atom. The summed E-state index contributed by atoms with van der Waals surface area (Å²) in [7, 11) is 0. The van der Waals surface area contributed by atoms with E-state index in [-0.39, 0.29) is 5.54 Å². The molecule has 1 aliphatic heterocycles. The molecule has 1 saturated heterocycles. The molecular weight excluding hydrogens is 162 g/mol. The summed E-state index contributed by atoms with van der Waals surface area (Å²) in [4.78, 5) is 6.43. The fourth-order valence-electron chi connectivity index (χ4n) is 1.74. The van der Waals surface area contributed by atoms with Crippen LogP contribution in [0.4, 0.5) is 5.69 Å². The summed E-state index contributed by atoms with van der Waals surface area (Å²) in [6, 6.07) is 4.12. The van der Waals surface area contributed by atoms with Crippen molar-refractivity contribution in [1.82, 2.24) is 4.98 Å². The van der Waals surface area contributed by atoms with Crippen molar-refractivity contribution in [2.24, 2.45) is 5.73 Å². The second kappa shape index (κ2) is 2.70. The van der Waals surface area contributed by atoms with Gasteiger partial charge in [0.25, 0.3) is 0 Å². The molecule has 0 aliphatic carbocycles. The third-order valence-corrected chi connectivity index (χ3v) is 2.35. The van der Waals surface area contributed by atoms with E-state index in [4.69, 9.17) is 5.73 Å². The maximum Gasteiger partial charge on any atom is 0.0481 e. The van der Waals surface area contributed by atoms with E-state index in [2.05, 4.69) is 22.9 Å². The SMILES string of the molecule is Cc1cc(N2CC(C)(N)C2)ccn1. The topological polar surface area (TPSA) is 42.1 Å². The molecule has 0 saturated carbocycles. The van der Waals surface area contributed by atoms with Crippen molar-refractivity contribution in [1.29, 1.82) is 0 Å². The first-order valence-corrected chi connectivity index (χ1v) is 4.53. The van der Waals surface area contributed by atoms with Crippen LogP contribution in [0.25, 0.3) is 0 Å². The van der Waals surface area contributed by atoms with Crippen LogP contribution in [-0.2, 0) is 0 Å². The lowest BCUT2D eigenvalue weighted by Gasteiger charge is -2.47. The average molecular weight is 177 g/mol. The van der Waals surface area contributed by atoms with Gasteiger partial charge in [-0.2, -0.15) is 0 Å². The Kier molecular flexibility index (Phi) is 1.77. The summed E-state index contributed by atoms with van der Waals surface area (Å²) in [6.45, 7) is 5.97. The van der Waals surface area contributed by atoms with Crippen LogP contribution in [0.3, 0.4) is 0 Å². The van der Waals surface area contributed by atoms with Crippen LogP contribution in [0, 0.1) is 6.92 Å². The van der Waals surface area contributed by atoms with Gasteiger partial charge in [-0.05, 0) is 26.0 Å². The summed E-state index contributed by atoms with van der Waals surface area (Å²) < 4.78 is 0. The molecule has 1 aromatic heterocycles. The lowest BCUT2D eigenvalue weighted by Crippen LogP contribution is -2.65. The van der Waals surface area contributed by atoms with E-state index < -0.39 is 0 Å². The monoisotopic (exact) mass is 177 g/mol. The van der Waals surface area contributed by atoms with E-state index in [1.165, 1.54) is 5.69 Å². The van der Waals surface area contributed by atoms with Crippen LogP contribution >= 0.6 is 0 Å². The molecule has 0 radical (unpaired) electrons. The van der Waals surface area contributed by atoms with Gasteiger partial charge in [0.05, 0.1) is 0 Å². The van der Waals surface area contributed by atoms with Gasteiger partial charge in [-0.25, -0.2) is 0 Å². The van der Waals surface area contributed by atoms with Crippen molar-refractivity contribution in [2.75, 3.05) is 18.0 Å². The summed E-state index contributed by atoms with van der Waals surface area (Å²) >= 11 is 0. The Labute approximate surface area is 78.6 Å². The molecule has 1 aromatic rings. The van der Waals surface area contributed by atoms with E-state index in [0.717, 1.165) is 18.8 Å². The number of nitrogens with two attached hydrogens (primary N) is 1. The number of hydrogen-bond donors (Lipinski definition) is 1. The fraction of sp³-hybridized carbons (Fsp3) is 0.500. The van der Waals surface area contributed by atoms with Crippen LogP contribution in [0.5, 0.6) is 0 Å². The summed E-state index contributed by atoms with van der Waals surface area (Å²) in [5, 5.41) is 0. The van der Waals surface area contributed by atoms with E-state index in [1.807, 2.05) is 19.2 Å². The van der Waals surface area contributed by atoms with Gasteiger partial charge < -0.3 is 10.6 Å². The molecule has 2 heterocycles. The van der Waals surface area contributed by atoms with Gasteiger partial charge in [0, 0.05) is 36.2 Å². The zero-order valence-electron chi connectivity index (χ0n) is 8.12. The zero-order chi connectivity index (χ0) is 9.47. The highest BCUT2D eigenvalue weighted by atomic mass is 15.2. The Bertz CT molecular complexity index is 312. The molecule has 0 unspecified atom stereocenters. The standard InChI is InChI=1S/C10H15N3/c1-8-5-9(3-4-12-8)13-6-10(2,11)7-13/h3-5H,6-7,11H2,1-2H3. The molecule has 3 nitrogen and oxygen atoms in total. The molecule has 0 aromatic carbocycles. The highest BCUT2D eigenvalue weighted by Crippen LogP contribution is 2.25. The van der Waals surface area contributed by atoms with E-state index in [0.29, 0.717) is 0 Å². The molecule has 3 heteroatoms. The third-order valence-electron chi connectivity index (χ3n) is 2.35. The van der Waals surface area contributed by atoms with Gasteiger partial charge in [0.1, 0.15) is 0 Å². The summed E-state index contributed by atoms with van der Waals surface area (Å²) in [5.41, 5.74) is 8.22. The van der Waals surface area contributed by atoms with Gasteiger partial charge in [0.15, 0.2) is 0 Å². The average Bonchev–Trinajstić information content (AvgIpc) is 2.00. The van der Waals surface area contributed by atoms with Crippen LogP contribution in [0.15, 0.2) is 18.3 Å². The van der Waals surface area contributed by atoms with Gasteiger partial charge in [-0.3, -0.25) is 4.98 Å². The van der Waals surface area contributed by atoms with Crippen LogP contribution in [-0.4, -0.2) is 23.6 Å². The quantitative estimate of drug-likeness (QED) is 0.693. The number of aryl methyl sites for hydroxylation is 1. The second-order valence-corrected chi connectivity index (χ2v) is 4.17. The van der Waals surface area contributed by atoms with Gasteiger partial charge in [0.2, 0.25) is 0 Å². The lowest BCUT2D eigenvalue weighted by molar-refractivity contribution is 0.365. The van der Waals surface area contributed by atoms with E-state index in [9.17, 15) is 0 Å². The first-order valence-electron chi connectivity index (χ1n) is 4.53. The second-order valence-electron chi connectivity index (χ2n) is 4.17. The lowest BCUT2D eigenvalue weighted by atomic mass is 9.93. The molecule has 70 valence electrons. The first-order chi connectivity index (χ1) is 6.07. The number of hydrogen-bond acceptors (Lipinski definition) is 3. The van der Waals surface area contributed by atoms with E-state index in [1.54, 1.807) is 0 Å². The number of anilines is 1. The number of pyridine rings is 1. The van der Waals surface area contributed by atoms with Crippen molar-refractivity contribution < 1.29 is 0 Å². The highest BCUT2D eigenvalue weighted by molar-refractivity contribution is 5.50. The maximum absolute atomic E-state index is 5.93. The molecule has 1 aliphatic rings. The van der Waals surface area contributed by atoms with Crippen LogP contribution < -0.4 is 10.6 Å². The molecule has 0 atom stereocenters. The largest absolute Gasteiger partial charge is 0.368 e. The van der Waals surface area contributed by atoms with Gasteiger partial charge in [-0.15, -0.1) is 0 Å². The summed E-state index contributed by atoms with van der Waals surface area (Å²) in [5.74, 6) is 0. The Hall–Kier alpha value is -1.09. The van der Waals surface area contributed by atoms with Crippen molar-refractivity contribution in [2.45, 2.75) is 19.4 Å². The normalized spacial score (nSPS) is 19.8. The zero-order valence-corrected chi connectivity index (χ0v) is 8.12. The maximum atomic E-state index is 5.93. The van der Waals surface area contributed by atoms with Crippen molar-refractivity contribution >= 4 is 5.69 Å². The smallest absolute Gasteiger partial charge is 0.0481 e. The molecule has 2 N–H and O–H groups in total. The fourth-order valence-corrected chi connectivity index (χ4v) is 1.74. The van der Waals surface area contributed by atoms with Crippen LogP contribution in [0.2, 0.25) is 0 Å². The van der Waals surface area contributed by atoms with Gasteiger partial charge >= 0.3 is 0 Å². The van der Waals surface area contributed by atoms with Crippen molar-refractivity contribution in [3.8, 4) is 0 Å². The van der Waals surface area contributed by atoms with Crippen LogP contribution in [0.1, 0.15) is 12.6 Å². The molecule has 0 amide bonds. The summed E-state index contributed by atoms with van der Waals surface area (Å²) in [6.07, 6.45) is 1.84. The van der Waals surface area contributed by atoms with Crippen molar-refractivity contribution in [3.05, 3.63) is 24.0 Å². The first kappa shape index (κ1) is 8.51. The minimum atomic E-state index is -0.00280. The molecule has 0 spiro atoms. The Balaban J connectivity index is 2.11. The molecule has 1 fully saturated rings. The predicted octanol–water partition coefficient (Wildman–Crippen LogP) is 0.927. The Morgan fingerprint density at radius 2 is 2.23 bits per heavy atom. The number of nitrogens with zero attached hydrogens (tertiary/aromatic N) is 2. The molecule has 2 rings (SSSR count). The molecule has 13 heavy (non-hydrogen) atoms. The Morgan fingerprint density at radius 3 is 2.77 bits per heavy atom. The predicted molar refractivity (Wildman–Crippen MR) is 53.8 cm³/mol. The minimum Gasteiger partial charge on any atom is -0.368 e. The molecule has 0 bridgehead atoms. The van der Waals surface area contributed by atoms with Crippen molar-refractivity contribution in [3.63, 3.8) is 0 Å². The molecular formula is C10H15N3. The highest BCUT2D eigenvalue weighted by Gasteiger charge is 2.34. The number of aromatic nitrogens is 1. The third kappa shape index (κ3) is 1.65.